The van der Waals surface area contributed by atoms with Crippen molar-refractivity contribution in [1.29, 1.82) is 0 Å². The number of hydrogen-bond acceptors (Lipinski definition) is 23. The van der Waals surface area contributed by atoms with Gasteiger partial charge in [0.15, 0.2) is 18.9 Å². The van der Waals surface area contributed by atoms with E-state index >= 15 is 0 Å². The number of esters is 1. The molecular formula is C44H70O23. The first kappa shape index (κ1) is 51.7. The van der Waals surface area contributed by atoms with Crippen molar-refractivity contribution >= 4 is 5.97 Å². The van der Waals surface area contributed by atoms with Crippen molar-refractivity contribution in [3.8, 4) is 0 Å². The number of carbonyl (C=O) groups is 1. The monoisotopic (exact) mass is 966 g/mol. The lowest BCUT2D eigenvalue weighted by atomic mass is 9.41. The van der Waals surface area contributed by atoms with Gasteiger partial charge in [0.2, 0.25) is 6.29 Å². The first-order valence-corrected chi connectivity index (χ1v) is 23.4. The molecule has 0 aromatic carbocycles. The Balaban J connectivity index is 0.961. The highest BCUT2D eigenvalue weighted by Gasteiger charge is 2.69. The van der Waals surface area contributed by atoms with Gasteiger partial charge in [-0.1, -0.05) is 19.9 Å². The van der Waals surface area contributed by atoms with E-state index in [2.05, 4.69) is 13.5 Å². The molecular weight excluding hydrogens is 896 g/mol. The molecule has 23 nitrogen and oxygen atoms in total. The van der Waals surface area contributed by atoms with Crippen LogP contribution in [0.5, 0.6) is 0 Å². The molecule has 0 radical (unpaired) electrons. The van der Waals surface area contributed by atoms with E-state index in [9.17, 15) is 76.3 Å². The van der Waals surface area contributed by atoms with Gasteiger partial charge in [-0.2, -0.15) is 0 Å². The van der Waals surface area contributed by atoms with E-state index in [4.69, 9.17) is 37.9 Å². The van der Waals surface area contributed by atoms with E-state index < -0.39 is 172 Å². The van der Waals surface area contributed by atoms with Gasteiger partial charge in [0, 0.05) is 0 Å². The summed E-state index contributed by atoms with van der Waals surface area (Å²) >= 11 is 0. The summed E-state index contributed by atoms with van der Waals surface area (Å²) in [6.45, 7) is 5.74. The summed E-state index contributed by atoms with van der Waals surface area (Å²) in [5.41, 5.74) is -2.17. The molecule has 4 saturated heterocycles. The molecule has 8 rings (SSSR count). The summed E-state index contributed by atoms with van der Waals surface area (Å²) < 4.78 is 47.0. The molecule has 0 amide bonds. The Morgan fingerprint density at radius 2 is 1.10 bits per heavy atom. The van der Waals surface area contributed by atoms with Gasteiger partial charge in [-0.05, 0) is 86.5 Å². The molecule has 0 aromatic heterocycles. The van der Waals surface area contributed by atoms with Crippen LogP contribution in [-0.4, -0.2) is 232 Å². The Hall–Kier alpha value is -1.63. The summed E-state index contributed by atoms with van der Waals surface area (Å²) in [7, 11) is 0. The number of fused-ring (bicyclic) bond motifs is 3. The Bertz CT molecular complexity index is 1760. The number of aliphatic hydroxyl groups is 14. The molecule has 67 heavy (non-hydrogen) atoms. The van der Waals surface area contributed by atoms with E-state index in [1.807, 2.05) is 6.92 Å². The van der Waals surface area contributed by atoms with Crippen LogP contribution >= 0.6 is 0 Å². The number of ether oxygens (including phenoxy) is 8. The quantitative estimate of drug-likeness (QED) is 0.0494. The molecule has 2 bridgehead atoms. The summed E-state index contributed by atoms with van der Waals surface area (Å²) in [4.78, 5) is 14.5. The second kappa shape index (κ2) is 19.4. The molecule has 1 spiro atoms. The fourth-order valence-electron chi connectivity index (χ4n) is 13.4. The highest BCUT2D eigenvalue weighted by Crippen LogP contribution is 2.73. The Kier molecular flexibility index (Phi) is 15.0. The minimum Gasteiger partial charge on any atom is -0.432 e. The van der Waals surface area contributed by atoms with Crippen LogP contribution in [0.3, 0.4) is 0 Å². The third kappa shape index (κ3) is 8.73. The normalized spacial score (nSPS) is 54.5. The molecule has 384 valence electrons. The van der Waals surface area contributed by atoms with Gasteiger partial charge in [-0.25, -0.2) is 0 Å². The third-order valence-corrected chi connectivity index (χ3v) is 17.1. The van der Waals surface area contributed by atoms with Gasteiger partial charge in [0.1, 0.15) is 97.7 Å². The van der Waals surface area contributed by atoms with Gasteiger partial charge in [-0.15, -0.1) is 0 Å². The zero-order chi connectivity index (χ0) is 48.7. The van der Waals surface area contributed by atoms with Crippen LogP contribution in [0, 0.1) is 28.1 Å². The number of aliphatic hydroxyl groups excluding tert-OH is 14. The van der Waals surface area contributed by atoms with Crippen molar-refractivity contribution < 1.29 is 114 Å². The lowest BCUT2D eigenvalue weighted by Gasteiger charge is -2.64. The van der Waals surface area contributed by atoms with Gasteiger partial charge in [0.25, 0.3) is 0 Å². The maximum atomic E-state index is 14.5. The second-order valence-corrected chi connectivity index (χ2v) is 20.8. The van der Waals surface area contributed by atoms with Crippen LogP contribution in [0.2, 0.25) is 0 Å². The molecule has 4 saturated carbocycles. The molecule has 4 aliphatic heterocycles. The summed E-state index contributed by atoms with van der Waals surface area (Å²) in [5.74, 6) is -0.852. The van der Waals surface area contributed by atoms with Crippen LogP contribution < -0.4 is 0 Å². The van der Waals surface area contributed by atoms with E-state index in [0.29, 0.717) is 51.4 Å². The second-order valence-electron chi connectivity index (χ2n) is 20.8. The molecule has 26 atom stereocenters. The number of rotatable bonds is 12. The number of carbonyl (C=O) groups excluding carboxylic acids is 1. The van der Waals surface area contributed by atoms with Crippen molar-refractivity contribution in [3.05, 3.63) is 12.2 Å². The van der Waals surface area contributed by atoms with Crippen LogP contribution in [-0.2, 0) is 42.7 Å². The molecule has 14 N–H and O–H groups in total. The summed E-state index contributed by atoms with van der Waals surface area (Å²) in [6.07, 6.45) is -27.6. The zero-order valence-electron chi connectivity index (χ0n) is 37.5. The van der Waals surface area contributed by atoms with Crippen LogP contribution in [0.1, 0.15) is 71.6 Å². The lowest BCUT2D eigenvalue weighted by Crippen LogP contribution is -2.65. The minimum atomic E-state index is -1.86. The average Bonchev–Trinajstić information content (AvgIpc) is 3.50. The molecule has 8 aliphatic rings. The smallest absolute Gasteiger partial charge is 0.314 e. The molecule has 8 fully saturated rings. The summed E-state index contributed by atoms with van der Waals surface area (Å²) in [5, 5.41) is 147. The maximum absolute atomic E-state index is 14.5. The van der Waals surface area contributed by atoms with E-state index in [1.165, 1.54) is 0 Å². The van der Waals surface area contributed by atoms with E-state index in [1.54, 1.807) is 0 Å². The SMILES string of the molecule is C=C1C[C@@]23CC[C@H]4[C@@](C)(CCC[C@@]4(C)C(=O)O[C@@H]4O[C@H](CO[C@H]5O[C@H](CO)[C@@H](O)[C@H](O)[C@H]5O)[C@@H](O)[C@H](O)[C@H]4O)[C@@H]2CC[C@]1(O[C@@H]1O[C@H](CO)[C@@H](O)[C@H](O)[C@H]1O[C@@H]1O[C@H](CO)[C@@H](O)[C@H](O)[C@H]1O)C3. The Morgan fingerprint density at radius 3 is 1.72 bits per heavy atom. The summed E-state index contributed by atoms with van der Waals surface area (Å²) in [6, 6.07) is 0. The standard InChI is InChI=1S/C44H70O23/c1-17-11-43-9-5-22-41(2,7-4-8-42(22,3)40(59)66-38-34(58)30(54)27(51)21(64-38)15-60-36-32(56)28(52)24(48)18(12-45)61-36)23(43)6-10-44(17,16-43)67-39-35(31(55)26(50)20(14-47)63-39)65-37-33(57)29(53)25(49)19(13-46)62-37/h18-39,45-58H,1,4-16H2,2-3H3/t18-,19-,20-,21-,22+,23+,24-,25-,26-,27-,28+,29+,30+,31+,32-,33-,34-,35-,36+,37+,38+,39+,41-,42-,43-,44+/m1/s1. The van der Waals surface area contributed by atoms with Crippen LogP contribution in [0.25, 0.3) is 0 Å². The zero-order valence-corrected chi connectivity index (χ0v) is 37.5. The van der Waals surface area contributed by atoms with Crippen molar-refractivity contribution in [2.24, 2.45) is 28.1 Å². The van der Waals surface area contributed by atoms with Gasteiger partial charge in [-0.3, -0.25) is 4.79 Å². The molecule has 23 heteroatoms. The van der Waals surface area contributed by atoms with Gasteiger partial charge >= 0.3 is 5.97 Å². The lowest BCUT2D eigenvalue weighted by molar-refractivity contribution is -0.378. The molecule has 4 heterocycles. The van der Waals surface area contributed by atoms with Crippen molar-refractivity contribution in [2.75, 3.05) is 26.4 Å². The highest BCUT2D eigenvalue weighted by molar-refractivity contribution is 5.77. The average molecular weight is 967 g/mol. The first-order chi connectivity index (χ1) is 31.6. The van der Waals surface area contributed by atoms with Crippen molar-refractivity contribution in [2.45, 2.75) is 200 Å². The van der Waals surface area contributed by atoms with Crippen LogP contribution in [0.15, 0.2) is 12.2 Å². The fraction of sp³-hybridized carbons (Fsp3) is 0.932. The largest absolute Gasteiger partial charge is 0.432 e. The Morgan fingerprint density at radius 1 is 0.597 bits per heavy atom. The predicted octanol–water partition coefficient (Wildman–Crippen LogP) is -5.11. The Labute approximate surface area is 386 Å². The highest BCUT2D eigenvalue weighted by atomic mass is 16.8. The molecule has 0 aromatic rings. The topological polar surface area (TPSA) is 374 Å². The van der Waals surface area contributed by atoms with Crippen molar-refractivity contribution in [1.82, 2.24) is 0 Å². The third-order valence-electron chi connectivity index (χ3n) is 17.1. The van der Waals surface area contributed by atoms with Gasteiger partial charge in [0.05, 0.1) is 37.4 Å². The van der Waals surface area contributed by atoms with E-state index in [-0.39, 0.29) is 17.3 Å². The van der Waals surface area contributed by atoms with E-state index in [0.717, 1.165) is 12.0 Å². The van der Waals surface area contributed by atoms with Gasteiger partial charge < -0.3 is 109 Å². The predicted molar refractivity (Wildman–Crippen MR) is 219 cm³/mol. The van der Waals surface area contributed by atoms with Crippen molar-refractivity contribution in [3.63, 3.8) is 0 Å². The fourth-order valence-corrected chi connectivity index (χ4v) is 13.4. The number of hydrogen-bond donors (Lipinski definition) is 14. The molecule has 4 aliphatic carbocycles. The minimum absolute atomic E-state index is 0.0469. The molecule has 0 unspecified atom stereocenters. The maximum Gasteiger partial charge on any atom is 0.314 e. The first-order valence-electron chi connectivity index (χ1n) is 23.4. The van der Waals surface area contributed by atoms with Crippen LogP contribution in [0.4, 0.5) is 0 Å².